The number of nitrogens with zero attached hydrogens (tertiary/aromatic N) is 1. The molecular weight excluding hydrogens is 510 g/mol. The van der Waals surface area contributed by atoms with Crippen LogP contribution in [0.1, 0.15) is 34.1 Å². The predicted octanol–water partition coefficient (Wildman–Crippen LogP) is 5.81. The van der Waals surface area contributed by atoms with Gasteiger partial charge in [-0.1, -0.05) is 30.3 Å². The van der Waals surface area contributed by atoms with Crippen LogP contribution in [0.15, 0.2) is 95.1 Å². The lowest BCUT2D eigenvalue weighted by Crippen LogP contribution is -2.29. The number of aliphatic hydroxyl groups is 1. The average molecular weight is 540 g/mol. The zero-order valence-corrected chi connectivity index (χ0v) is 22.4. The van der Waals surface area contributed by atoms with Crippen molar-refractivity contribution in [3.05, 3.63) is 119 Å². The van der Waals surface area contributed by atoms with Gasteiger partial charge in [-0.15, -0.1) is 0 Å². The maximum absolute atomic E-state index is 13.4. The first-order valence-electron chi connectivity index (χ1n) is 12.7. The van der Waals surface area contributed by atoms with E-state index in [0.29, 0.717) is 40.7 Å². The minimum absolute atomic E-state index is 0.0302. The molecule has 1 aromatic heterocycles. The average Bonchev–Trinajstić information content (AvgIpc) is 3.58. The van der Waals surface area contributed by atoms with Gasteiger partial charge in [-0.05, 0) is 72.1 Å². The highest BCUT2D eigenvalue weighted by Crippen LogP contribution is 2.42. The van der Waals surface area contributed by atoms with Gasteiger partial charge in [0.1, 0.15) is 23.9 Å². The molecule has 3 aromatic carbocycles. The summed E-state index contributed by atoms with van der Waals surface area (Å²) in [7, 11) is 3.03. The molecule has 1 N–H and O–H groups in total. The van der Waals surface area contributed by atoms with Crippen LogP contribution >= 0.6 is 0 Å². The Balaban J connectivity index is 1.51. The van der Waals surface area contributed by atoms with E-state index in [1.807, 2.05) is 31.2 Å². The van der Waals surface area contributed by atoms with E-state index >= 15 is 0 Å². The summed E-state index contributed by atoms with van der Waals surface area (Å²) < 4.78 is 22.2. The third-order valence-electron chi connectivity index (χ3n) is 6.95. The van der Waals surface area contributed by atoms with Crippen molar-refractivity contribution in [1.82, 2.24) is 4.90 Å². The molecule has 2 heterocycles. The van der Waals surface area contributed by atoms with Crippen molar-refractivity contribution in [2.24, 2.45) is 0 Å². The van der Waals surface area contributed by atoms with E-state index in [1.165, 1.54) is 25.4 Å². The summed E-state index contributed by atoms with van der Waals surface area (Å²) in [6.07, 6.45) is 1.50. The van der Waals surface area contributed by atoms with Gasteiger partial charge >= 0.3 is 0 Å². The largest absolute Gasteiger partial charge is 0.507 e. The highest BCUT2D eigenvalue weighted by Gasteiger charge is 2.46. The molecule has 0 aliphatic carbocycles. The van der Waals surface area contributed by atoms with E-state index in [1.54, 1.807) is 54.6 Å². The van der Waals surface area contributed by atoms with Crippen molar-refractivity contribution in [1.29, 1.82) is 0 Å². The number of aryl methyl sites for hydroxylation is 1. The second kappa shape index (κ2) is 11.4. The van der Waals surface area contributed by atoms with Gasteiger partial charge in [-0.2, -0.15) is 0 Å². The van der Waals surface area contributed by atoms with Crippen LogP contribution < -0.4 is 14.2 Å². The lowest BCUT2D eigenvalue weighted by Gasteiger charge is -2.25. The Morgan fingerprint density at radius 1 is 0.925 bits per heavy atom. The Hall–Kier alpha value is -4.98. The molecule has 5 rings (SSSR count). The summed E-state index contributed by atoms with van der Waals surface area (Å²) >= 11 is 0. The number of hydrogen-bond donors (Lipinski definition) is 1. The van der Waals surface area contributed by atoms with Gasteiger partial charge in [0.25, 0.3) is 11.7 Å². The molecule has 1 aliphatic heterocycles. The number of rotatable bonds is 9. The number of carbonyl (C=O) groups is 2. The molecule has 0 bridgehead atoms. The lowest BCUT2D eigenvalue weighted by molar-refractivity contribution is -0.140. The monoisotopic (exact) mass is 539 g/mol. The fourth-order valence-electron chi connectivity index (χ4n) is 4.78. The summed E-state index contributed by atoms with van der Waals surface area (Å²) in [5.74, 6) is 0.219. The smallest absolute Gasteiger partial charge is 0.296 e. The van der Waals surface area contributed by atoms with Gasteiger partial charge in [0.2, 0.25) is 0 Å². The van der Waals surface area contributed by atoms with Gasteiger partial charge in [0.05, 0.1) is 38.6 Å². The van der Waals surface area contributed by atoms with Crippen LogP contribution in [0.5, 0.6) is 17.2 Å². The molecule has 8 heteroatoms. The molecule has 8 nitrogen and oxygen atoms in total. The van der Waals surface area contributed by atoms with Gasteiger partial charge in [-0.3, -0.25) is 9.59 Å². The van der Waals surface area contributed by atoms with Gasteiger partial charge in [0.15, 0.2) is 11.5 Å². The molecule has 1 aliphatic rings. The second-order valence-electron chi connectivity index (χ2n) is 9.36. The number of methoxy groups -OCH3 is 2. The molecule has 0 saturated carbocycles. The first kappa shape index (κ1) is 26.6. The standard InChI is InChI=1S/C32H29NO7/c1-20-7-4-5-8-23(20)19-40-24-13-10-21(11-14-24)30(34)28-29(22-12-15-26(37-2)27(17-22)38-3)33(32(36)31(28)35)18-25-9-6-16-39-25/h4-17,29,34H,18-19H2,1-3H3/b30-28-. The number of ether oxygens (including phenoxy) is 3. The SMILES string of the molecule is COc1ccc(C2/C(=C(/O)c3ccc(OCc4ccccc4C)cc3)C(=O)C(=O)N2Cc2ccco2)cc1OC. The third-order valence-corrected chi connectivity index (χ3v) is 6.95. The summed E-state index contributed by atoms with van der Waals surface area (Å²) in [4.78, 5) is 28.0. The molecule has 1 fully saturated rings. The number of aliphatic hydroxyl groups excluding tert-OH is 1. The van der Waals surface area contributed by atoms with Crippen molar-refractivity contribution in [2.45, 2.75) is 26.1 Å². The van der Waals surface area contributed by atoms with Crippen LogP contribution in [0.2, 0.25) is 0 Å². The van der Waals surface area contributed by atoms with Crippen LogP contribution in [0.4, 0.5) is 0 Å². The Kier molecular flexibility index (Phi) is 7.59. The lowest BCUT2D eigenvalue weighted by atomic mass is 9.95. The zero-order valence-electron chi connectivity index (χ0n) is 22.4. The number of benzene rings is 3. The van der Waals surface area contributed by atoms with E-state index in [0.717, 1.165) is 11.1 Å². The van der Waals surface area contributed by atoms with E-state index in [9.17, 15) is 14.7 Å². The fourth-order valence-corrected chi connectivity index (χ4v) is 4.78. The number of likely N-dealkylation sites (tertiary alicyclic amines) is 1. The Labute approximate surface area is 232 Å². The van der Waals surface area contributed by atoms with Crippen LogP contribution in [0.3, 0.4) is 0 Å². The molecule has 204 valence electrons. The van der Waals surface area contributed by atoms with E-state index in [-0.39, 0.29) is 17.9 Å². The van der Waals surface area contributed by atoms with E-state index < -0.39 is 17.7 Å². The quantitative estimate of drug-likeness (QED) is 0.163. The Bertz CT molecular complexity index is 1550. The Morgan fingerprint density at radius 3 is 2.35 bits per heavy atom. The number of carbonyl (C=O) groups excluding carboxylic acids is 2. The normalized spacial score (nSPS) is 16.3. The van der Waals surface area contributed by atoms with Crippen molar-refractivity contribution in [3.63, 3.8) is 0 Å². The number of furan rings is 1. The highest BCUT2D eigenvalue weighted by molar-refractivity contribution is 6.46. The van der Waals surface area contributed by atoms with Gasteiger partial charge in [-0.25, -0.2) is 0 Å². The zero-order chi connectivity index (χ0) is 28.2. The molecule has 0 radical (unpaired) electrons. The summed E-state index contributed by atoms with van der Waals surface area (Å²) in [6, 6.07) is 22.4. The fraction of sp³-hybridized carbons (Fsp3) is 0.188. The van der Waals surface area contributed by atoms with Crippen LogP contribution in [-0.4, -0.2) is 35.9 Å². The maximum atomic E-state index is 13.4. The van der Waals surface area contributed by atoms with Crippen molar-refractivity contribution in [2.75, 3.05) is 14.2 Å². The van der Waals surface area contributed by atoms with Gasteiger partial charge < -0.3 is 28.6 Å². The molecule has 40 heavy (non-hydrogen) atoms. The van der Waals surface area contributed by atoms with E-state index in [2.05, 4.69) is 0 Å². The minimum atomic E-state index is -0.887. The van der Waals surface area contributed by atoms with Crippen LogP contribution in [-0.2, 0) is 22.7 Å². The van der Waals surface area contributed by atoms with E-state index in [4.69, 9.17) is 18.6 Å². The summed E-state index contributed by atoms with van der Waals surface area (Å²) in [5.41, 5.74) is 3.12. The topological polar surface area (TPSA) is 98.4 Å². The maximum Gasteiger partial charge on any atom is 0.296 e. The van der Waals surface area contributed by atoms with Crippen molar-refractivity contribution in [3.8, 4) is 17.2 Å². The molecule has 1 saturated heterocycles. The third kappa shape index (κ3) is 5.16. The first-order valence-corrected chi connectivity index (χ1v) is 12.7. The first-order chi connectivity index (χ1) is 19.4. The predicted molar refractivity (Wildman–Crippen MR) is 148 cm³/mol. The van der Waals surface area contributed by atoms with Crippen molar-refractivity contribution >= 4 is 17.4 Å². The van der Waals surface area contributed by atoms with Crippen molar-refractivity contribution < 1.29 is 33.3 Å². The van der Waals surface area contributed by atoms with Gasteiger partial charge in [0, 0.05) is 5.56 Å². The molecule has 4 aromatic rings. The van der Waals surface area contributed by atoms with Crippen LogP contribution in [0, 0.1) is 6.92 Å². The molecule has 1 atom stereocenters. The number of ketones is 1. The Morgan fingerprint density at radius 2 is 1.68 bits per heavy atom. The molecule has 1 amide bonds. The minimum Gasteiger partial charge on any atom is -0.507 e. The summed E-state index contributed by atoms with van der Waals surface area (Å²) in [6.45, 7) is 2.46. The number of amides is 1. The highest BCUT2D eigenvalue weighted by atomic mass is 16.5. The number of hydrogen-bond acceptors (Lipinski definition) is 7. The van der Waals surface area contributed by atoms with Crippen LogP contribution in [0.25, 0.3) is 5.76 Å². The molecule has 0 spiro atoms. The molecule has 1 unspecified atom stereocenters. The summed E-state index contributed by atoms with van der Waals surface area (Å²) in [5, 5.41) is 11.4. The number of Topliss-reactive ketones (excluding diaryl/α,β-unsaturated/α-hetero) is 1. The molecular formula is C32H29NO7. The second-order valence-corrected chi connectivity index (χ2v) is 9.36.